The molecule has 33 heavy (non-hydrogen) atoms. The van der Waals surface area contributed by atoms with Crippen molar-refractivity contribution in [3.8, 4) is 22.7 Å². The van der Waals surface area contributed by atoms with Gasteiger partial charge in [-0.3, -0.25) is 0 Å². The fourth-order valence-corrected chi connectivity index (χ4v) is 4.26. The van der Waals surface area contributed by atoms with Crippen molar-refractivity contribution >= 4 is 5.97 Å². The van der Waals surface area contributed by atoms with E-state index in [2.05, 4.69) is 5.10 Å². The molecule has 0 saturated heterocycles. The molecule has 2 heterocycles. The largest absolute Gasteiger partial charge is 0.469 e. The van der Waals surface area contributed by atoms with E-state index in [-0.39, 0.29) is 17.5 Å². The minimum Gasteiger partial charge on any atom is -0.469 e. The topological polar surface area (TPSA) is 57.3 Å². The Labute approximate surface area is 187 Å². The van der Waals surface area contributed by atoms with Crippen LogP contribution in [0.5, 0.6) is 5.75 Å². The maximum Gasteiger partial charge on any atom is 0.435 e. The van der Waals surface area contributed by atoms with Gasteiger partial charge in [-0.1, -0.05) is 6.07 Å². The molecule has 0 spiro atoms. The van der Waals surface area contributed by atoms with Crippen LogP contribution in [0.15, 0.2) is 59.2 Å². The Bertz CT molecular complexity index is 1340. The zero-order valence-electron chi connectivity index (χ0n) is 17.9. The number of rotatable bonds is 3. The molecule has 8 heteroatoms. The van der Waals surface area contributed by atoms with Gasteiger partial charge in [-0.2, -0.15) is 18.3 Å². The number of ether oxygens (including phenoxy) is 1. The van der Waals surface area contributed by atoms with Gasteiger partial charge >= 0.3 is 12.1 Å². The Morgan fingerprint density at radius 2 is 1.73 bits per heavy atom. The fourth-order valence-electron chi connectivity index (χ4n) is 4.26. The second-order valence-corrected chi connectivity index (χ2v) is 8.10. The number of furan rings is 1. The maximum atomic E-state index is 13.7. The molecule has 0 radical (unpaired) electrons. The van der Waals surface area contributed by atoms with E-state index in [1.807, 2.05) is 19.9 Å². The lowest BCUT2D eigenvalue weighted by Crippen LogP contribution is -2.11. The van der Waals surface area contributed by atoms with Crippen LogP contribution in [0.1, 0.15) is 38.5 Å². The Kier molecular flexibility index (Phi) is 4.88. The van der Waals surface area contributed by atoms with E-state index in [1.165, 1.54) is 23.1 Å². The highest BCUT2D eigenvalue weighted by Gasteiger charge is 2.41. The number of benzene rings is 2. The van der Waals surface area contributed by atoms with Crippen LogP contribution in [-0.2, 0) is 19.0 Å². The molecule has 1 aliphatic rings. The van der Waals surface area contributed by atoms with E-state index >= 15 is 0 Å². The lowest BCUT2D eigenvalue weighted by molar-refractivity contribution is -0.142. The molecule has 0 amide bonds. The number of halogens is 3. The SMILES string of the molecule is Cc1cc(C)cc(OC(=O)c2ccc(-n3nc(C(F)(F)F)c4c3-c3ccoc3CC4)cc2)c1. The first-order valence-electron chi connectivity index (χ1n) is 10.4. The van der Waals surface area contributed by atoms with Gasteiger partial charge in [0.2, 0.25) is 0 Å². The average Bonchev–Trinajstić information content (AvgIpc) is 3.37. The van der Waals surface area contributed by atoms with Gasteiger partial charge < -0.3 is 9.15 Å². The molecule has 0 atom stereocenters. The summed E-state index contributed by atoms with van der Waals surface area (Å²) in [5.74, 6) is 0.512. The minimum atomic E-state index is -4.58. The first-order valence-corrected chi connectivity index (χ1v) is 10.4. The predicted molar refractivity (Wildman–Crippen MR) is 115 cm³/mol. The Morgan fingerprint density at radius 1 is 1.03 bits per heavy atom. The number of aromatic nitrogens is 2. The van der Waals surface area contributed by atoms with Gasteiger partial charge in [0.25, 0.3) is 0 Å². The molecule has 2 aromatic heterocycles. The van der Waals surface area contributed by atoms with Crippen molar-refractivity contribution in [2.75, 3.05) is 0 Å². The molecule has 168 valence electrons. The van der Waals surface area contributed by atoms with Gasteiger partial charge in [-0.25, -0.2) is 9.48 Å². The summed E-state index contributed by atoms with van der Waals surface area (Å²) in [6, 6.07) is 13.3. The summed E-state index contributed by atoms with van der Waals surface area (Å²) < 4.78 is 53.2. The van der Waals surface area contributed by atoms with Crippen LogP contribution in [0, 0.1) is 13.8 Å². The average molecular weight is 452 g/mol. The molecule has 0 N–H and O–H groups in total. The minimum absolute atomic E-state index is 0.148. The van der Waals surface area contributed by atoms with Crippen LogP contribution in [0.4, 0.5) is 13.2 Å². The van der Waals surface area contributed by atoms with E-state index in [0.717, 1.165) is 11.1 Å². The Balaban J connectivity index is 1.50. The number of aryl methyl sites for hydroxylation is 3. The Morgan fingerprint density at radius 3 is 2.39 bits per heavy atom. The molecule has 0 aliphatic heterocycles. The third-order valence-electron chi connectivity index (χ3n) is 5.61. The predicted octanol–water partition coefficient (Wildman–Crippen LogP) is 6.09. The second kappa shape index (κ2) is 7.65. The van der Waals surface area contributed by atoms with Crippen molar-refractivity contribution < 1.29 is 27.1 Å². The lowest BCUT2D eigenvalue weighted by atomic mass is 9.94. The molecule has 5 rings (SSSR count). The normalized spacial score (nSPS) is 12.9. The van der Waals surface area contributed by atoms with Crippen molar-refractivity contribution in [3.63, 3.8) is 0 Å². The number of carbonyl (C=O) groups excluding carboxylic acids is 1. The number of hydrogen-bond acceptors (Lipinski definition) is 4. The molecular weight excluding hydrogens is 433 g/mol. The van der Waals surface area contributed by atoms with Crippen LogP contribution >= 0.6 is 0 Å². The molecule has 2 aromatic carbocycles. The number of nitrogens with zero attached hydrogens (tertiary/aromatic N) is 2. The van der Waals surface area contributed by atoms with E-state index < -0.39 is 17.8 Å². The van der Waals surface area contributed by atoms with E-state index in [9.17, 15) is 18.0 Å². The van der Waals surface area contributed by atoms with Gasteiger partial charge in [0.15, 0.2) is 5.69 Å². The second-order valence-electron chi connectivity index (χ2n) is 8.10. The number of carbonyl (C=O) groups is 1. The van der Waals surface area contributed by atoms with Crippen molar-refractivity contribution in [3.05, 3.63) is 88.5 Å². The summed E-state index contributed by atoms with van der Waals surface area (Å²) in [4.78, 5) is 12.6. The summed E-state index contributed by atoms with van der Waals surface area (Å²) in [5.41, 5.74) is 2.82. The highest BCUT2D eigenvalue weighted by Crippen LogP contribution is 2.42. The molecule has 0 fully saturated rings. The standard InChI is InChI=1S/C25H19F3N2O3/c1-14-11-15(2)13-18(12-14)33-24(31)16-3-5-17(6-4-16)30-22-19-9-10-32-21(19)8-7-20(22)23(29-30)25(26,27)28/h3-6,9-13H,7-8H2,1-2H3. The van der Waals surface area contributed by atoms with Crippen molar-refractivity contribution in [2.24, 2.45) is 0 Å². The summed E-state index contributed by atoms with van der Waals surface area (Å²) >= 11 is 0. The molecule has 0 unspecified atom stereocenters. The van der Waals surface area contributed by atoms with Crippen molar-refractivity contribution in [2.45, 2.75) is 32.9 Å². The summed E-state index contributed by atoms with van der Waals surface area (Å²) in [5, 5.41) is 3.91. The van der Waals surface area contributed by atoms with Crippen molar-refractivity contribution in [1.29, 1.82) is 0 Å². The monoisotopic (exact) mass is 452 g/mol. The molecule has 0 saturated carbocycles. The fraction of sp³-hybridized carbons (Fsp3) is 0.200. The first kappa shape index (κ1) is 21.1. The number of hydrogen-bond donors (Lipinski definition) is 0. The molecule has 4 aromatic rings. The third kappa shape index (κ3) is 3.82. The van der Waals surface area contributed by atoms with Crippen LogP contribution < -0.4 is 4.74 Å². The summed E-state index contributed by atoms with van der Waals surface area (Å²) in [7, 11) is 0. The maximum absolute atomic E-state index is 13.7. The van der Waals surface area contributed by atoms with E-state index in [0.29, 0.717) is 34.9 Å². The van der Waals surface area contributed by atoms with Gasteiger partial charge in [0.05, 0.1) is 23.2 Å². The van der Waals surface area contributed by atoms with Gasteiger partial charge in [-0.15, -0.1) is 0 Å². The number of fused-ring (bicyclic) bond motifs is 3. The smallest absolute Gasteiger partial charge is 0.435 e. The highest BCUT2D eigenvalue weighted by atomic mass is 19.4. The quantitative estimate of drug-likeness (QED) is 0.279. The van der Waals surface area contributed by atoms with Crippen LogP contribution in [-0.4, -0.2) is 15.7 Å². The van der Waals surface area contributed by atoms with E-state index in [4.69, 9.17) is 9.15 Å². The number of esters is 1. The molecular formula is C25H19F3N2O3. The van der Waals surface area contributed by atoms with Gasteiger partial charge in [-0.05, 0) is 73.9 Å². The zero-order chi connectivity index (χ0) is 23.3. The van der Waals surface area contributed by atoms with Crippen LogP contribution in [0.3, 0.4) is 0 Å². The zero-order valence-corrected chi connectivity index (χ0v) is 17.9. The van der Waals surface area contributed by atoms with Crippen LogP contribution in [0.25, 0.3) is 16.9 Å². The van der Waals surface area contributed by atoms with Crippen molar-refractivity contribution in [1.82, 2.24) is 9.78 Å². The highest BCUT2D eigenvalue weighted by molar-refractivity contribution is 5.91. The molecule has 5 nitrogen and oxygen atoms in total. The van der Waals surface area contributed by atoms with Gasteiger partial charge in [0.1, 0.15) is 11.5 Å². The Hall–Kier alpha value is -3.81. The third-order valence-corrected chi connectivity index (χ3v) is 5.61. The molecule has 0 bridgehead atoms. The summed E-state index contributed by atoms with van der Waals surface area (Å²) in [6.45, 7) is 3.81. The van der Waals surface area contributed by atoms with Gasteiger partial charge in [0, 0.05) is 17.5 Å². The summed E-state index contributed by atoms with van der Waals surface area (Å²) in [6.07, 6.45) is -2.54. The number of alkyl halides is 3. The lowest BCUT2D eigenvalue weighted by Gasteiger charge is -2.15. The van der Waals surface area contributed by atoms with E-state index in [1.54, 1.807) is 30.3 Å². The van der Waals surface area contributed by atoms with Crippen LogP contribution in [0.2, 0.25) is 0 Å². The molecule has 1 aliphatic carbocycles. The first-order chi connectivity index (χ1) is 15.7.